The lowest BCUT2D eigenvalue weighted by Gasteiger charge is -2.24. The number of nitrogens with one attached hydrogen (secondary N) is 1. The maximum atomic E-state index is 13.1. The van der Waals surface area contributed by atoms with E-state index < -0.39 is 0 Å². The molecule has 1 saturated heterocycles. The second kappa shape index (κ2) is 8.97. The van der Waals surface area contributed by atoms with Crippen LogP contribution in [0.4, 0.5) is 0 Å². The van der Waals surface area contributed by atoms with E-state index in [4.69, 9.17) is 20.9 Å². The van der Waals surface area contributed by atoms with Crippen LogP contribution < -0.4 is 5.32 Å². The van der Waals surface area contributed by atoms with Crippen molar-refractivity contribution in [2.24, 2.45) is 0 Å². The maximum absolute atomic E-state index is 13.1. The van der Waals surface area contributed by atoms with Gasteiger partial charge in [-0.05, 0) is 37.8 Å². The molecule has 29 heavy (non-hydrogen) atoms. The molecule has 7 nitrogen and oxygen atoms in total. The van der Waals surface area contributed by atoms with Crippen LogP contribution in [0.15, 0.2) is 34.9 Å². The molecule has 0 radical (unpaired) electrons. The van der Waals surface area contributed by atoms with Gasteiger partial charge < -0.3 is 19.5 Å². The van der Waals surface area contributed by atoms with Gasteiger partial charge in [-0.15, -0.1) is 0 Å². The molecular weight excluding hydrogens is 394 g/mol. The quantitative estimate of drug-likeness (QED) is 0.712. The minimum atomic E-state index is -0.267. The molecule has 0 spiro atoms. The number of ether oxygens (including phenoxy) is 1. The van der Waals surface area contributed by atoms with Gasteiger partial charge in [-0.25, -0.2) is 0 Å². The van der Waals surface area contributed by atoms with Crippen molar-refractivity contribution in [3.63, 3.8) is 0 Å². The van der Waals surface area contributed by atoms with Crippen molar-refractivity contribution in [2.45, 2.75) is 44.2 Å². The first-order valence-corrected chi connectivity index (χ1v) is 10.4. The highest BCUT2D eigenvalue weighted by molar-refractivity contribution is 6.30. The summed E-state index contributed by atoms with van der Waals surface area (Å²) in [5.41, 5.74) is 0.958. The third-order valence-electron chi connectivity index (χ3n) is 5.12. The number of hydrogen-bond acceptors (Lipinski definition) is 5. The standard InChI is InChI=1S/C21H24ClN3O4/c22-15-4-1-3-14(11-15)19-12-18(24-29-19)21(27)25(13-17-5-2-10-28-17)9-8-20(26)23-16-6-7-16/h1,3-4,11-12,16-17H,2,5-10,13H2,(H,23,26)/t17-/m0/s1. The third kappa shape index (κ3) is 5.36. The van der Waals surface area contributed by atoms with Gasteiger partial charge in [0.2, 0.25) is 5.91 Å². The highest BCUT2D eigenvalue weighted by Gasteiger charge is 2.27. The number of nitrogens with zero attached hydrogens (tertiary/aromatic N) is 2. The van der Waals surface area contributed by atoms with Gasteiger partial charge in [-0.1, -0.05) is 28.9 Å². The summed E-state index contributed by atoms with van der Waals surface area (Å²) in [7, 11) is 0. The lowest BCUT2D eigenvalue weighted by Crippen LogP contribution is -2.40. The van der Waals surface area contributed by atoms with Crippen LogP contribution in [0.3, 0.4) is 0 Å². The fourth-order valence-corrected chi connectivity index (χ4v) is 3.58. The molecule has 4 rings (SSSR count). The molecular formula is C21H24ClN3O4. The fraction of sp³-hybridized carbons (Fsp3) is 0.476. The summed E-state index contributed by atoms with van der Waals surface area (Å²) in [5.74, 6) is 0.175. The highest BCUT2D eigenvalue weighted by Crippen LogP contribution is 2.24. The highest BCUT2D eigenvalue weighted by atomic mass is 35.5. The zero-order valence-corrected chi connectivity index (χ0v) is 16.9. The average Bonchev–Trinajstić information content (AvgIpc) is 3.19. The summed E-state index contributed by atoms with van der Waals surface area (Å²) in [6, 6.07) is 9.09. The van der Waals surface area contributed by atoms with Crippen molar-refractivity contribution >= 4 is 23.4 Å². The number of hydrogen-bond donors (Lipinski definition) is 1. The molecule has 1 aromatic carbocycles. The Balaban J connectivity index is 1.45. The van der Waals surface area contributed by atoms with Crippen LogP contribution >= 0.6 is 11.6 Å². The normalized spacial score (nSPS) is 18.6. The Morgan fingerprint density at radius 3 is 2.83 bits per heavy atom. The molecule has 2 aliphatic rings. The number of benzene rings is 1. The zero-order chi connectivity index (χ0) is 20.2. The van der Waals surface area contributed by atoms with E-state index in [2.05, 4.69) is 10.5 Å². The molecule has 154 valence electrons. The van der Waals surface area contributed by atoms with E-state index in [-0.39, 0.29) is 30.0 Å². The van der Waals surface area contributed by atoms with Crippen molar-refractivity contribution in [3.8, 4) is 11.3 Å². The maximum Gasteiger partial charge on any atom is 0.276 e. The number of carbonyl (C=O) groups is 2. The van der Waals surface area contributed by atoms with Crippen LogP contribution in [-0.2, 0) is 9.53 Å². The Labute approximate surface area is 174 Å². The van der Waals surface area contributed by atoms with Crippen LogP contribution in [0, 0.1) is 0 Å². The molecule has 2 fully saturated rings. The van der Waals surface area contributed by atoms with E-state index in [1.807, 2.05) is 12.1 Å². The van der Waals surface area contributed by atoms with Crippen molar-refractivity contribution in [3.05, 3.63) is 41.0 Å². The lowest BCUT2D eigenvalue weighted by molar-refractivity contribution is -0.121. The van der Waals surface area contributed by atoms with Crippen molar-refractivity contribution in [1.29, 1.82) is 0 Å². The second-order valence-corrected chi connectivity index (χ2v) is 8.00. The van der Waals surface area contributed by atoms with Gasteiger partial charge in [-0.2, -0.15) is 0 Å². The van der Waals surface area contributed by atoms with Crippen LogP contribution in [0.2, 0.25) is 5.02 Å². The molecule has 0 bridgehead atoms. The number of amides is 2. The second-order valence-electron chi connectivity index (χ2n) is 7.56. The smallest absolute Gasteiger partial charge is 0.276 e. The Bertz CT molecular complexity index is 874. The number of aromatic nitrogens is 1. The summed E-state index contributed by atoms with van der Waals surface area (Å²) < 4.78 is 11.1. The lowest BCUT2D eigenvalue weighted by atomic mass is 10.1. The molecule has 2 amide bonds. The molecule has 0 unspecified atom stereocenters. The molecule has 1 aromatic heterocycles. The number of carbonyl (C=O) groups excluding carboxylic acids is 2. The number of rotatable bonds is 8. The Hall–Kier alpha value is -2.38. The molecule has 2 heterocycles. The first-order valence-electron chi connectivity index (χ1n) is 10.0. The van der Waals surface area contributed by atoms with Gasteiger partial charge in [0, 0.05) is 48.8 Å². The fourth-order valence-electron chi connectivity index (χ4n) is 3.39. The molecule has 1 aliphatic heterocycles. The first kappa shape index (κ1) is 19.9. The minimum Gasteiger partial charge on any atom is -0.376 e. The molecule has 1 aliphatic carbocycles. The van der Waals surface area contributed by atoms with E-state index >= 15 is 0 Å². The Morgan fingerprint density at radius 2 is 2.10 bits per heavy atom. The predicted molar refractivity (Wildman–Crippen MR) is 108 cm³/mol. The van der Waals surface area contributed by atoms with Crippen LogP contribution in [0.25, 0.3) is 11.3 Å². The minimum absolute atomic E-state index is 0.00950. The van der Waals surface area contributed by atoms with Gasteiger partial charge in [0.1, 0.15) is 0 Å². The molecule has 1 atom stereocenters. The Morgan fingerprint density at radius 1 is 1.24 bits per heavy atom. The van der Waals surface area contributed by atoms with Gasteiger partial charge >= 0.3 is 0 Å². The Kier molecular flexibility index (Phi) is 6.16. The molecule has 8 heteroatoms. The largest absolute Gasteiger partial charge is 0.376 e. The van der Waals surface area contributed by atoms with E-state index in [0.29, 0.717) is 36.5 Å². The van der Waals surface area contributed by atoms with E-state index in [1.54, 1.807) is 23.1 Å². The van der Waals surface area contributed by atoms with Crippen molar-refractivity contribution in [1.82, 2.24) is 15.4 Å². The van der Waals surface area contributed by atoms with Gasteiger partial charge in [0.25, 0.3) is 5.91 Å². The summed E-state index contributed by atoms with van der Waals surface area (Å²) in [4.78, 5) is 26.8. The van der Waals surface area contributed by atoms with E-state index in [9.17, 15) is 9.59 Å². The topological polar surface area (TPSA) is 84.7 Å². The predicted octanol–water partition coefficient (Wildman–Crippen LogP) is 3.28. The summed E-state index contributed by atoms with van der Waals surface area (Å²) in [5, 5.41) is 7.49. The third-order valence-corrected chi connectivity index (χ3v) is 5.36. The van der Waals surface area contributed by atoms with E-state index in [0.717, 1.165) is 31.2 Å². The molecule has 1 saturated carbocycles. The zero-order valence-electron chi connectivity index (χ0n) is 16.1. The van der Waals surface area contributed by atoms with Crippen molar-refractivity contribution in [2.75, 3.05) is 19.7 Å². The van der Waals surface area contributed by atoms with Crippen molar-refractivity contribution < 1.29 is 18.8 Å². The summed E-state index contributed by atoms with van der Waals surface area (Å²) in [6.45, 7) is 1.46. The van der Waals surface area contributed by atoms with Crippen LogP contribution in [0.1, 0.15) is 42.6 Å². The number of halogens is 1. The summed E-state index contributed by atoms with van der Waals surface area (Å²) >= 11 is 6.03. The molecule has 2 aromatic rings. The summed E-state index contributed by atoms with van der Waals surface area (Å²) in [6.07, 6.45) is 4.21. The van der Waals surface area contributed by atoms with Gasteiger partial charge in [0.05, 0.1) is 6.10 Å². The van der Waals surface area contributed by atoms with Crippen LogP contribution in [-0.4, -0.2) is 53.7 Å². The van der Waals surface area contributed by atoms with Gasteiger partial charge in [0.15, 0.2) is 11.5 Å². The first-order chi connectivity index (χ1) is 14.1. The van der Waals surface area contributed by atoms with E-state index in [1.165, 1.54) is 0 Å². The van der Waals surface area contributed by atoms with Gasteiger partial charge in [-0.3, -0.25) is 9.59 Å². The van der Waals surface area contributed by atoms with Crippen LogP contribution in [0.5, 0.6) is 0 Å². The monoisotopic (exact) mass is 417 g/mol. The average molecular weight is 418 g/mol. The molecule has 1 N–H and O–H groups in total. The SMILES string of the molecule is O=C(CCN(C[C@@H]1CCCO1)C(=O)c1cc(-c2cccc(Cl)c2)on1)NC1CC1.